The fraction of sp³-hybridized carbons (Fsp3) is 0.222. The number of benzene rings is 2. The monoisotopic (exact) mass is 343 g/mol. The van der Waals surface area contributed by atoms with E-state index in [1.165, 1.54) is 0 Å². The second kappa shape index (κ2) is 6.61. The summed E-state index contributed by atoms with van der Waals surface area (Å²) in [6.45, 7) is 8.43. The van der Waals surface area contributed by atoms with Crippen molar-refractivity contribution in [3.05, 3.63) is 59.7 Å². The lowest BCUT2D eigenvalue weighted by Crippen LogP contribution is -2.16. The van der Waals surface area contributed by atoms with Crippen molar-refractivity contribution >= 4 is 23.8 Å². The third-order valence-electron chi connectivity index (χ3n) is 3.03. The molecule has 0 spiro atoms. The van der Waals surface area contributed by atoms with Crippen molar-refractivity contribution in [1.82, 2.24) is 0 Å². The maximum atomic E-state index is 12.4. The van der Waals surface area contributed by atoms with Crippen LogP contribution in [0.2, 0.25) is 19.6 Å². The van der Waals surface area contributed by atoms with E-state index in [1.807, 2.05) is 13.0 Å². The molecule has 0 fully saturated rings. The van der Waals surface area contributed by atoms with Gasteiger partial charge in [0, 0.05) is 5.56 Å². The summed E-state index contributed by atoms with van der Waals surface area (Å²) in [7, 11) is -5.04. The molecular weight excluding hydrogens is 322 g/mol. The first kappa shape index (κ1) is 17.3. The largest absolute Gasteiger partial charge is 0.280 e. The van der Waals surface area contributed by atoms with Crippen LogP contribution in [0.25, 0.3) is 0 Å². The molecule has 0 atom stereocenters. The van der Waals surface area contributed by atoms with Gasteiger partial charge in [-0.25, -0.2) is 8.42 Å². The summed E-state index contributed by atoms with van der Waals surface area (Å²) in [5.74, 6) is 3.13. The highest BCUT2D eigenvalue weighted by molar-refractivity contribution is 7.92. The van der Waals surface area contributed by atoms with Crippen LogP contribution in [0.1, 0.15) is 11.1 Å². The molecule has 0 saturated carbocycles. The number of nitrogens with one attached hydrogen (secondary N) is 1. The topological polar surface area (TPSA) is 46.2 Å². The van der Waals surface area contributed by atoms with Crippen molar-refractivity contribution in [3.63, 3.8) is 0 Å². The van der Waals surface area contributed by atoms with Crippen LogP contribution in [-0.2, 0) is 10.0 Å². The van der Waals surface area contributed by atoms with Gasteiger partial charge in [-0.1, -0.05) is 49.3 Å². The molecule has 2 aromatic rings. The van der Waals surface area contributed by atoms with E-state index < -0.39 is 18.1 Å². The Bertz CT molecular complexity index is 854. The molecule has 2 rings (SSSR count). The van der Waals surface area contributed by atoms with Crippen molar-refractivity contribution in [3.8, 4) is 11.5 Å². The molecule has 0 aromatic heterocycles. The van der Waals surface area contributed by atoms with Gasteiger partial charge in [0.15, 0.2) is 0 Å². The number of rotatable bonds is 3. The van der Waals surface area contributed by atoms with Gasteiger partial charge in [-0.05, 0) is 37.3 Å². The van der Waals surface area contributed by atoms with E-state index in [0.29, 0.717) is 5.69 Å². The fourth-order valence-corrected chi connectivity index (χ4v) is 3.42. The summed E-state index contributed by atoms with van der Waals surface area (Å²) in [5.41, 5.74) is 5.64. The summed E-state index contributed by atoms with van der Waals surface area (Å²) in [4.78, 5) is 0.252. The normalized spacial score (nSPS) is 11.5. The molecule has 120 valence electrons. The summed E-state index contributed by atoms with van der Waals surface area (Å²) in [5, 5.41) is 0. The van der Waals surface area contributed by atoms with Crippen LogP contribution in [-0.4, -0.2) is 16.5 Å². The van der Waals surface area contributed by atoms with Crippen LogP contribution in [0.5, 0.6) is 0 Å². The van der Waals surface area contributed by atoms with Crippen LogP contribution in [0.15, 0.2) is 53.4 Å². The molecule has 1 N–H and O–H groups in total. The predicted molar refractivity (Wildman–Crippen MR) is 98.7 cm³/mol. The average molecular weight is 344 g/mol. The van der Waals surface area contributed by atoms with E-state index in [0.717, 1.165) is 11.1 Å². The zero-order valence-electron chi connectivity index (χ0n) is 13.8. The third-order valence-corrected chi connectivity index (χ3v) is 5.30. The zero-order valence-corrected chi connectivity index (χ0v) is 15.7. The second-order valence-electron chi connectivity index (χ2n) is 6.50. The molecule has 0 heterocycles. The van der Waals surface area contributed by atoms with Crippen LogP contribution in [0.4, 0.5) is 5.69 Å². The highest BCUT2D eigenvalue weighted by atomic mass is 32.2. The fourth-order valence-electron chi connectivity index (χ4n) is 1.85. The van der Waals surface area contributed by atoms with Gasteiger partial charge in [-0.2, -0.15) is 0 Å². The number of hydrogen-bond donors (Lipinski definition) is 1. The van der Waals surface area contributed by atoms with Crippen molar-refractivity contribution < 1.29 is 8.42 Å². The SMILES string of the molecule is Cc1ccc(S(=O)(=O)Nc2cccc(C#C[Si](C)(C)C)c2)cc1. The van der Waals surface area contributed by atoms with E-state index in [2.05, 4.69) is 35.8 Å². The van der Waals surface area contributed by atoms with Gasteiger partial charge >= 0.3 is 0 Å². The van der Waals surface area contributed by atoms with Crippen molar-refractivity contribution in [2.24, 2.45) is 0 Å². The molecule has 0 unspecified atom stereocenters. The van der Waals surface area contributed by atoms with Crippen LogP contribution in [0.3, 0.4) is 0 Å². The minimum atomic E-state index is -3.58. The maximum absolute atomic E-state index is 12.4. The van der Waals surface area contributed by atoms with Crippen molar-refractivity contribution in [2.45, 2.75) is 31.5 Å². The molecule has 23 heavy (non-hydrogen) atoms. The second-order valence-corrected chi connectivity index (χ2v) is 12.9. The standard InChI is InChI=1S/C18H21NO2SSi/c1-15-8-10-18(11-9-15)22(20,21)19-17-7-5-6-16(14-17)12-13-23(2,3)4/h5-11,14,19H,1-4H3. The van der Waals surface area contributed by atoms with E-state index >= 15 is 0 Å². The Morgan fingerprint density at radius 1 is 1.00 bits per heavy atom. The first-order valence-corrected chi connectivity index (χ1v) is 12.4. The lowest BCUT2D eigenvalue weighted by atomic mass is 10.2. The Morgan fingerprint density at radius 2 is 1.65 bits per heavy atom. The number of anilines is 1. The number of aryl methyl sites for hydroxylation is 1. The van der Waals surface area contributed by atoms with Gasteiger partial charge in [0.25, 0.3) is 10.0 Å². The van der Waals surface area contributed by atoms with Crippen molar-refractivity contribution in [2.75, 3.05) is 4.72 Å². The third kappa shape index (κ3) is 5.27. The minimum absolute atomic E-state index is 0.252. The number of hydrogen-bond acceptors (Lipinski definition) is 2. The highest BCUT2D eigenvalue weighted by Gasteiger charge is 2.14. The molecule has 5 heteroatoms. The summed E-state index contributed by atoms with van der Waals surface area (Å²) in [6, 6.07) is 14.0. The highest BCUT2D eigenvalue weighted by Crippen LogP contribution is 2.17. The van der Waals surface area contributed by atoms with E-state index in [1.54, 1.807) is 42.5 Å². The van der Waals surface area contributed by atoms with E-state index in [9.17, 15) is 8.42 Å². The smallest absolute Gasteiger partial charge is 0.261 e. The van der Waals surface area contributed by atoms with Gasteiger partial charge in [0.05, 0.1) is 10.6 Å². The predicted octanol–water partition coefficient (Wildman–Crippen LogP) is 4.02. The van der Waals surface area contributed by atoms with E-state index in [-0.39, 0.29) is 4.90 Å². The Kier molecular flexibility index (Phi) is 4.98. The first-order chi connectivity index (χ1) is 10.7. The summed E-state index contributed by atoms with van der Waals surface area (Å²) < 4.78 is 27.4. The average Bonchev–Trinajstić information content (AvgIpc) is 2.45. The van der Waals surface area contributed by atoms with E-state index in [4.69, 9.17) is 0 Å². The van der Waals surface area contributed by atoms with Gasteiger partial charge in [-0.3, -0.25) is 4.72 Å². The first-order valence-electron chi connectivity index (χ1n) is 7.38. The Labute approximate surface area is 139 Å². The maximum Gasteiger partial charge on any atom is 0.261 e. The van der Waals surface area contributed by atoms with Gasteiger partial charge in [-0.15, -0.1) is 5.54 Å². The van der Waals surface area contributed by atoms with Crippen LogP contribution in [0, 0.1) is 18.4 Å². The molecule has 0 amide bonds. The van der Waals surface area contributed by atoms with Gasteiger partial charge in [0.2, 0.25) is 0 Å². The molecule has 3 nitrogen and oxygen atoms in total. The van der Waals surface area contributed by atoms with Gasteiger partial charge in [0.1, 0.15) is 8.07 Å². The Morgan fingerprint density at radius 3 is 2.26 bits per heavy atom. The minimum Gasteiger partial charge on any atom is -0.280 e. The molecule has 0 radical (unpaired) electrons. The van der Waals surface area contributed by atoms with Gasteiger partial charge < -0.3 is 0 Å². The Hall–Kier alpha value is -2.03. The molecular formula is C18H21NO2SSi. The molecule has 0 bridgehead atoms. The molecule has 0 aliphatic rings. The lowest BCUT2D eigenvalue weighted by Gasteiger charge is -2.09. The molecule has 2 aromatic carbocycles. The number of sulfonamides is 1. The molecule has 0 saturated heterocycles. The zero-order chi connectivity index (χ0) is 17.1. The molecule has 0 aliphatic carbocycles. The summed E-state index contributed by atoms with van der Waals surface area (Å²) in [6.07, 6.45) is 0. The van der Waals surface area contributed by atoms with Crippen LogP contribution >= 0.6 is 0 Å². The van der Waals surface area contributed by atoms with Crippen LogP contribution < -0.4 is 4.72 Å². The molecule has 0 aliphatic heterocycles. The summed E-state index contributed by atoms with van der Waals surface area (Å²) >= 11 is 0. The Balaban J connectivity index is 2.26. The lowest BCUT2D eigenvalue weighted by molar-refractivity contribution is 0.601. The quantitative estimate of drug-likeness (QED) is 0.676. The van der Waals surface area contributed by atoms with Crippen molar-refractivity contribution in [1.29, 1.82) is 0 Å².